The first-order valence-electron chi connectivity index (χ1n) is 10.6. The first-order chi connectivity index (χ1) is 16.7. The number of carboxylic acid groups (broad SMARTS) is 1. The first kappa shape index (κ1) is 23.4. The molecule has 4 heterocycles. The molecule has 3 aromatic heterocycles. The second kappa shape index (κ2) is 8.70. The van der Waals surface area contributed by atoms with Gasteiger partial charge in [0.05, 0.1) is 12.1 Å². The van der Waals surface area contributed by atoms with Crippen LogP contribution in [0.4, 0.5) is 5.69 Å². The number of aryl methyl sites for hydroxylation is 2. The number of nitrogens with zero attached hydrogens (tertiary/aromatic N) is 4. The average molecular weight is 528 g/mol. The molecule has 180 valence electrons. The zero-order valence-electron chi connectivity index (χ0n) is 19.0. The van der Waals surface area contributed by atoms with Crippen molar-refractivity contribution in [1.82, 2.24) is 14.8 Å². The lowest BCUT2D eigenvalue weighted by molar-refractivity contribution is -0.137. The summed E-state index contributed by atoms with van der Waals surface area (Å²) in [4.78, 5) is 17.7. The Bertz CT molecular complexity index is 1570. The highest BCUT2D eigenvalue weighted by molar-refractivity contribution is 7.94. The summed E-state index contributed by atoms with van der Waals surface area (Å²) in [6.45, 7) is 5.88. The van der Waals surface area contributed by atoms with E-state index in [-0.39, 0.29) is 10.6 Å². The number of carboxylic acids is 1. The van der Waals surface area contributed by atoms with E-state index in [1.54, 1.807) is 53.1 Å². The Morgan fingerprint density at radius 2 is 1.89 bits per heavy atom. The van der Waals surface area contributed by atoms with Gasteiger partial charge < -0.3 is 5.11 Å². The number of fused-ring (bicyclic) bond motifs is 3. The van der Waals surface area contributed by atoms with Crippen molar-refractivity contribution < 1.29 is 18.3 Å². The lowest BCUT2D eigenvalue weighted by atomic mass is 9.99. The van der Waals surface area contributed by atoms with Gasteiger partial charge in [0, 0.05) is 21.7 Å². The summed E-state index contributed by atoms with van der Waals surface area (Å²) in [7, 11) is -3.67. The molecule has 0 spiro atoms. The van der Waals surface area contributed by atoms with Crippen LogP contribution in [0, 0.1) is 20.8 Å². The van der Waals surface area contributed by atoms with Gasteiger partial charge in [-0.25, -0.2) is 8.42 Å². The van der Waals surface area contributed by atoms with Crippen molar-refractivity contribution in [3.63, 3.8) is 0 Å². The molecule has 9 nitrogen and oxygen atoms in total. The second-order valence-corrected chi connectivity index (χ2v) is 12.2. The Hall–Kier alpha value is -3.35. The fourth-order valence-corrected chi connectivity index (χ4v) is 7.27. The van der Waals surface area contributed by atoms with Crippen molar-refractivity contribution in [2.75, 3.05) is 4.72 Å². The maximum atomic E-state index is 12.6. The molecule has 1 aliphatic heterocycles. The molecule has 0 amide bonds. The molecule has 0 saturated carbocycles. The minimum atomic E-state index is -3.67. The number of anilines is 1. The fraction of sp³-hybridized carbons (Fsp3) is 0.217. The molecule has 2 N–H and O–H groups in total. The molecule has 0 bridgehead atoms. The number of hydrogen-bond acceptors (Lipinski definition) is 8. The van der Waals surface area contributed by atoms with Gasteiger partial charge in [-0.05, 0) is 49.9 Å². The summed E-state index contributed by atoms with van der Waals surface area (Å²) in [6, 6.07) is 9.45. The van der Waals surface area contributed by atoms with Crippen LogP contribution in [0.2, 0.25) is 0 Å². The lowest BCUT2D eigenvalue weighted by Gasteiger charge is -2.12. The smallest absolute Gasteiger partial charge is 0.306 e. The number of nitrogens with one attached hydrogen (secondary N) is 1. The number of benzene rings is 1. The van der Waals surface area contributed by atoms with Gasteiger partial charge in [0.25, 0.3) is 10.0 Å². The summed E-state index contributed by atoms with van der Waals surface area (Å²) < 4.78 is 29.9. The van der Waals surface area contributed by atoms with Crippen LogP contribution in [0.5, 0.6) is 0 Å². The number of hydrogen-bond donors (Lipinski definition) is 2. The standard InChI is InChI=1S/C23H21N5O4S3/c1-12-13(2)34-23-20(12)21(24-17(11-18(29)30)22-26-25-14(3)28(22)23)15-6-8-16(9-7-15)27-35(31,32)19-5-4-10-33-19/h4-10,17,27H,11H2,1-3H3,(H,29,30)/t17-/m0/s1. The molecule has 0 saturated heterocycles. The number of aliphatic imine (C=N–C) groups is 1. The highest BCUT2D eigenvalue weighted by atomic mass is 32.2. The minimum absolute atomic E-state index is 0.229. The molecule has 12 heteroatoms. The van der Waals surface area contributed by atoms with E-state index in [4.69, 9.17) is 4.99 Å². The van der Waals surface area contributed by atoms with Crippen LogP contribution in [0.3, 0.4) is 0 Å². The lowest BCUT2D eigenvalue weighted by Crippen LogP contribution is -2.12. The zero-order valence-corrected chi connectivity index (χ0v) is 21.5. The van der Waals surface area contributed by atoms with Crippen molar-refractivity contribution in [1.29, 1.82) is 0 Å². The zero-order chi connectivity index (χ0) is 24.9. The molecular weight excluding hydrogens is 506 g/mol. The number of aromatic nitrogens is 3. The second-order valence-electron chi connectivity index (χ2n) is 8.11. The molecule has 0 aliphatic carbocycles. The van der Waals surface area contributed by atoms with Crippen LogP contribution in [-0.4, -0.2) is 40.0 Å². The van der Waals surface area contributed by atoms with Gasteiger partial charge >= 0.3 is 5.97 Å². The SMILES string of the molecule is Cc1sc2c(c1C)C(c1ccc(NS(=O)(=O)c3cccs3)cc1)=N[C@@H](CC(=O)O)c1nnc(C)n1-2. The third-order valence-corrected chi connectivity index (χ3v) is 9.75. The van der Waals surface area contributed by atoms with Crippen molar-refractivity contribution in [2.24, 2.45) is 4.99 Å². The number of thiophene rings is 2. The minimum Gasteiger partial charge on any atom is -0.481 e. The maximum Gasteiger partial charge on any atom is 0.306 e. The van der Waals surface area contributed by atoms with Gasteiger partial charge in [0.2, 0.25) is 0 Å². The van der Waals surface area contributed by atoms with E-state index in [0.717, 1.165) is 37.9 Å². The van der Waals surface area contributed by atoms with Crippen LogP contribution in [-0.2, 0) is 14.8 Å². The Labute approximate surface area is 209 Å². The molecular formula is C23H21N5O4S3. The van der Waals surface area contributed by atoms with E-state index < -0.39 is 22.0 Å². The van der Waals surface area contributed by atoms with E-state index in [0.29, 0.717) is 23.0 Å². The highest BCUT2D eigenvalue weighted by Crippen LogP contribution is 2.39. The summed E-state index contributed by atoms with van der Waals surface area (Å²) >= 11 is 2.73. The van der Waals surface area contributed by atoms with E-state index in [1.165, 1.54) is 0 Å². The summed E-state index contributed by atoms with van der Waals surface area (Å²) in [5, 5.41) is 20.6. The van der Waals surface area contributed by atoms with Crippen molar-refractivity contribution >= 4 is 50.1 Å². The van der Waals surface area contributed by atoms with Crippen LogP contribution in [0.1, 0.15) is 45.7 Å². The molecule has 35 heavy (non-hydrogen) atoms. The number of aliphatic carboxylic acids is 1. The Kier molecular flexibility index (Phi) is 5.82. The summed E-state index contributed by atoms with van der Waals surface area (Å²) in [5.74, 6) is 0.164. The number of carbonyl (C=O) groups is 1. The van der Waals surface area contributed by atoms with Gasteiger partial charge in [-0.3, -0.25) is 19.1 Å². The number of sulfonamides is 1. The third kappa shape index (κ3) is 4.17. The van der Waals surface area contributed by atoms with Crippen LogP contribution in [0.25, 0.3) is 5.00 Å². The van der Waals surface area contributed by atoms with Crippen LogP contribution in [0.15, 0.2) is 51.0 Å². The first-order valence-corrected chi connectivity index (χ1v) is 13.8. The largest absolute Gasteiger partial charge is 0.481 e. The maximum absolute atomic E-state index is 12.6. The third-order valence-electron chi connectivity index (χ3n) is 5.78. The van der Waals surface area contributed by atoms with E-state index >= 15 is 0 Å². The van der Waals surface area contributed by atoms with Gasteiger partial charge in [-0.1, -0.05) is 18.2 Å². The van der Waals surface area contributed by atoms with Gasteiger partial charge in [-0.2, -0.15) is 0 Å². The fourth-order valence-electron chi connectivity index (χ4n) is 4.01. The quantitative estimate of drug-likeness (QED) is 0.381. The van der Waals surface area contributed by atoms with Crippen molar-refractivity contribution in [2.45, 2.75) is 37.4 Å². The Balaban J connectivity index is 1.60. The number of rotatable bonds is 6. The van der Waals surface area contributed by atoms with Gasteiger partial charge in [0.1, 0.15) is 21.1 Å². The highest BCUT2D eigenvalue weighted by Gasteiger charge is 2.32. The van der Waals surface area contributed by atoms with Crippen molar-refractivity contribution in [3.05, 3.63) is 75.0 Å². The summed E-state index contributed by atoms with van der Waals surface area (Å²) in [5.41, 5.74) is 3.76. The van der Waals surface area contributed by atoms with Gasteiger partial charge in [-0.15, -0.1) is 32.9 Å². The van der Waals surface area contributed by atoms with Crippen LogP contribution < -0.4 is 4.72 Å². The molecule has 4 aromatic rings. The monoisotopic (exact) mass is 527 g/mol. The normalized spacial score (nSPS) is 15.2. The van der Waals surface area contributed by atoms with Crippen molar-refractivity contribution in [3.8, 4) is 5.00 Å². The predicted octanol–water partition coefficient (Wildman–Crippen LogP) is 4.48. The van der Waals surface area contributed by atoms with E-state index in [2.05, 4.69) is 14.9 Å². The van der Waals surface area contributed by atoms with E-state index in [9.17, 15) is 18.3 Å². The molecule has 0 fully saturated rings. The molecule has 0 radical (unpaired) electrons. The molecule has 1 aromatic carbocycles. The molecule has 1 aliphatic rings. The molecule has 1 atom stereocenters. The Morgan fingerprint density at radius 3 is 2.54 bits per heavy atom. The van der Waals surface area contributed by atoms with Gasteiger partial charge in [0.15, 0.2) is 5.82 Å². The molecule has 5 rings (SSSR count). The molecule has 0 unspecified atom stereocenters. The Morgan fingerprint density at radius 1 is 1.14 bits per heavy atom. The average Bonchev–Trinajstić information content (AvgIpc) is 3.51. The summed E-state index contributed by atoms with van der Waals surface area (Å²) in [6.07, 6.45) is -0.229. The topological polar surface area (TPSA) is 127 Å². The predicted molar refractivity (Wildman–Crippen MR) is 136 cm³/mol. The van der Waals surface area contributed by atoms with Crippen LogP contribution >= 0.6 is 22.7 Å². The van der Waals surface area contributed by atoms with E-state index in [1.807, 2.05) is 25.3 Å².